The number of aryl methyl sites for hydroxylation is 1. The summed E-state index contributed by atoms with van der Waals surface area (Å²) >= 11 is 1.85. The van der Waals surface area contributed by atoms with Gasteiger partial charge in [-0.25, -0.2) is 4.98 Å². The molecule has 1 aromatic carbocycles. The van der Waals surface area contributed by atoms with E-state index in [1.165, 1.54) is 10.5 Å². The van der Waals surface area contributed by atoms with Gasteiger partial charge in [-0.3, -0.25) is 0 Å². The van der Waals surface area contributed by atoms with Gasteiger partial charge in [-0.05, 0) is 24.6 Å². The van der Waals surface area contributed by atoms with E-state index in [-0.39, 0.29) is 6.04 Å². The summed E-state index contributed by atoms with van der Waals surface area (Å²) in [6.45, 7) is 2.99. The Morgan fingerprint density at radius 3 is 2.71 bits per heavy atom. The molecular weight excluding hydrogens is 230 g/mol. The lowest BCUT2D eigenvalue weighted by Crippen LogP contribution is -2.04. The average Bonchev–Trinajstić information content (AvgIpc) is 2.83. The standard InChI is InChI=1S/C13H17N3S/c1-11(14)12-2-4-13(5-3-12)17-9-8-16-7-6-15-10-16/h2-7,10-11H,8-9,14H2,1H3. The zero-order valence-electron chi connectivity index (χ0n) is 9.91. The van der Waals surface area contributed by atoms with E-state index in [0.29, 0.717) is 0 Å². The van der Waals surface area contributed by atoms with Crippen LogP contribution in [0.4, 0.5) is 0 Å². The lowest BCUT2D eigenvalue weighted by molar-refractivity contribution is 0.770. The van der Waals surface area contributed by atoms with Gasteiger partial charge in [-0.15, -0.1) is 11.8 Å². The molecule has 2 aromatic rings. The number of nitrogens with zero attached hydrogens (tertiary/aromatic N) is 2. The van der Waals surface area contributed by atoms with Crippen LogP contribution < -0.4 is 5.73 Å². The Balaban J connectivity index is 1.83. The maximum atomic E-state index is 5.81. The summed E-state index contributed by atoms with van der Waals surface area (Å²) in [7, 11) is 0. The molecule has 0 aliphatic rings. The summed E-state index contributed by atoms with van der Waals surface area (Å²) < 4.78 is 2.09. The first-order valence-corrected chi connectivity index (χ1v) is 6.68. The molecule has 0 aliphatic heterocycles. The Kier molecular flexibility index (Phi) is 4.23. The van der Waals surface area contributed by atoms with Gasteiger partial charge in [0.05, 0.1) is 6.33 Å². The number of benzene rings is 1. The highest BCUT2D eigenvalue weighted by molar-refractivity contribution is 7.99. The highest BCUT2D eigenvalue weighted by atomic mass is 32.2. The maximum Gasteiger partial charge on any atom is 0.0946 e. The largest absolute Gasteiger partial charge is 0.337 e. The quantitative estimate of drug-likeness (QED) is 0.826. The van der Waals surface area contributed by atoms with E-state index in [2.05, 4.69) is 33.8 Å². The molecule has 0 spiro atoms. The smallest absolute Gasteiger partial charge is 0.0946 e. The first-order valence-electron chi connectivity index (χ1n) is 5.70. The van der Waals surface area contributed by atoms with E-state index < -0.39 is 0 Å². The van der Waals surface area contributed by atoms with Crippen molar-refractivity contribution in [3.05, 3.63) is 48.5 Å². The number of imidazole rings is 1. The van der Waals surface area contributed by atoms with Crippen LogP contribution in [0.15, 0.2) is 47.9 Å². The molecule has 1 aromatic heterocycles. The molecule has 0 aliphatic carbocycles. The lowest BCUT2D eigenvalue weighted by atomic mass is 10.1. The molecule has 0 saturated carbocycles. The van der Waals surface area contributed by atoms with E-state index in [0.717, 1.165) is 12.3 Å². The van der Waals surface area contributed by atoms with Crippen molar-refractivity contribution in [1.82, 2.24) is 9.55 Å². The predicted molar refractivity (Wildman–Crippen MR) is 72.0 cm³/mol. The first-order chi connectivity index (χ1) is 8.25. The SMILES string of the molecule is CC(N)c1ccc(SCCn2ccnc2)cc1. The topological polar surface area (TPSA) is 43.8 Å². The van der Waals surface area contributed by atoms with Gasteiger partial charge >= 0.3 is 0 Å². The third kappa shape index (κ3) is 3.61. The fourth-order valence-electron chi connectivity index (χ4n) is 1.56. The minimum Gasteiger partial charge on any atom is -0.337 e. The molecule has 1 unspecified atom stereocenters. The van der Waals surface area contributed by atoms with Crippen LogP contribution in [-0.2, 0) is 6.54 Å². The number of aromatic nitrogens is 2. The lowest BCUT2D eigenvalue weighted by Gasteiger charge is -2.07. The Bertz CT molecular complexity index is 434. The molecule has 0 radical (unpaired) electrons. The molecule has 0 saturated heterocycles. The van der Waals surface area contributed by atoms with E-state index in [1.807, 2.05) is 37.4 Å². The van der Waals surface area contributed by atoms with E-state index >= 15 is 0 Å². The summed E-state index contributed by atoms with van der Waals surface area (Å²) in [5, 5.41) is 0. The Morgan fingerprint density at radius 2 is 2.12 bits per heavy atom. The van der Waals surface area contributed by atoms with Gasteiger partial charge in [0.25, 0.3) is 0 Å². The van der Waals surface area contributed by atoms with Crippen LogP contribution in [0.2, 0.25) is 0 Å². The number of rotatable bonds is 5. The average molecular weight is 247 g/mol. The van der Waals surface area contributed by atoms with Gasteiger partial charge in [-0.1, -0.05) is 12.1 Å². The van der Waals surface area contributed by atoms with Crippen molar-refractivity contribution in [2.75, 3.05) is 5.75 Å². The minimum atomic E-state index is 0.111. The van der Waals surface area contributed by atoms with Crippen LogP contribution in [0.3, 0.4) is 0 Å². The molecule has 2 N–H and O–H groups in total. The molecule has 1 heterocycles. The van der Waals surface area contributed by atoms with Crippen molar-refractivity contribution in [2.45, 2.75) is 24.4 Å². The molecule has 1 atom stereocenters. The third-order valence-electron chi connectivity index (χ3n) is 2.58. The van der Waals surface area contributed by atoms with Gasteiger partial charge < -0.3 is 10.3 Å². The Labute approximate surface area is 106 Å². The van der Waals surface area contributed by atoms with Gasteiger partial charge in [0.15, 0.2) is 0 Å². The normalized spacial score (nSPS) is 12.6. The number of nitrogens with two attached hydrogens (primary N) is 1. The number of thioether (sulfide) groups is 1. The second kappa shape index (κ2) is 5.89. The number of hydrogen-bond donors (Lipinski definition) is 1. The van der Waals surface area contributed by atoms with Gasteiger partial charge in [0.2, 0.25) is 0 Å². The fourth-order valence-corrected chi connectivity index (χ4v) is 2.42. The van der Waals surface area contributed by atoms with Crippen LogP contribution in [0, 0.1) is 0 Å². The van der Waals surface area contributed by atoms with Gasteiger partial charge in [-0.2, -0.15) is 0 Å². The van der Waals surface area contributed by atoms with Crippen LogP contribution in [0.5, 0.6) is 0 Å². The molecule has 0 bridgehead atoms. The zero-order valence-corrected chi connectivity index (χ0v) is 10.7. The van der Waals surface area contributed by atoms with Crippen molar-refractivity contribution < 1.29 is 0 Å². The summed E-state index contributed by atoms with van der Waals surface area (Å²) in [6, 6.07) is 8.59. The van der Waals surface area contributed by atoms with E-state index in [4.69, 9.17) is 5.73 Å². The molecule has 0 amide bonds. The second-order valence-corrected chi connectivity index (χ2v) is 5.18. The van der Waals surface area contributed by atoms with Crippen LogP contribution in [-0.4, -0.2) is 15.3 Å². The highest BCUT2D eigenvalue weighted by Crippen LogP contribution is 2.20. The second-order valence-electron chi connectivity index (χ2n) is 4.01. The minimum absolute atomic E-state index is 0.111. The summed E-state index contributed by atoms with van der Waals surface area (Å²) in [5.74, 6) is 1.05. The summed E-state index contributed by atoms with van der Waals surface area (Å²) in [4.78, 5) is 5.31. The summed E-state index contributed by atoms with van der Waals surface area (Å²) in [6.07, 6.45) is 5.64. The van der Waals surface area contributed by atoms with Crippen LogP contribution in [0.1, 0.15) is 18.5 Å². The molecule has 90 valence electrons. The molecule has 3 nitrogen and oxygen atoms in total. The van der Waals surface area contributed by atoms with Crippen LogP contribution >= 0.6 is 11.8 Å². The van der Waals surface area contributed by atoms with Crippen molar-refractivity contribution >= 4 is 11.8 Å². The van der Waals surface area contributed by atoms with E-state index in [1.54, 1.807) is 0 Å². The Hall–Kier alpha value is -1.26. The molecular formula is C13H17N3S. The van der Waals surface area contributed by atoms with Crippen molar-refractivity contribution in [1.29, 1.82) is 0 Å². The fraction of sp³-hybridized carbons (Fsp3) is 0.308. The monoisotopic (exact) mass is 247 g/mol. The summed E-state index contributed by atoms with van der Waals surface area (Å²) in [5.41, 5.74) is 7.00. The van der Waals surface area contributed by atoms with Gasteiger partial charge in [0.1, 0.15) is 0 Å². The first kappa shape index (κ1) is 12.2. The Morgan fingerprint density at radius 1 is 1.35 bits per heavy atom. The molecule has 17 heavy (non-hydrogen) atoms. The maximum absolute atomic E-state index is 5.81. The molecule has 0 fully saturated rings. The molecule has 4 heteroatoms. The zero-order chi connectivity index (χ0) is 12.1. The van der Waals surface area contributed by atoms with Gasteiger partial charge in [0, 0.05) is 35.6 Å². The molecule has 2 rings (SSSR count). The van der Waals surface area contributed by atoms with Crippen LogP contribution in [0.25, 0.3) is 0 Å². The van der Waals surface area contributed by atoms with Crippen molar-refractivity contribution in [3.63, 3.8) is 0 Å². The third-order valence-corrected chi connectivity index (χ3v) is 3.58. The highest BCUT2D eigenvalue weighted by Gasteiger charge is 1.99. The van der Waals surface area contributed by atoms with Crippen molar-refractivity contribution in [2.24, 2.45) is 5.73 Å². The predicted octanol–water partition coefficient (Wildman–Crippen LogP) is 2.70. The van der Waals surface area contributed by atoms with Crippen molar-refractivity contribution in [3.8, 4) is 0 Å². The van der Waals surface area contributed by atoms with E-state index in [9.17, 15) is 0 Å². The number of hydrogen-bond acceptors (Lipinski definition) is 3.